The number of carbonyl (C=O) groups is 3. The molecular weight excluding hydrogens is 620 g/mol. The van der Waals surface area contributed by atoms with Gasteiger partial charge in [0.15, 0.2) is 11.5 Å². The van der Waals surface area contributed by atoms with Gasteiger partial charge in [-0.1, -0.05) is 5.21 Å². The van der Waals surface area contributed by atoms with Crippen LogP contribution in [0, 0.1) is 0 Å². The fourth-order valence-electron chi connectivity index (χ4n) is 4.43. The maximum atomic E-state index is 12.5. The highest BCUT2D eigenvalue weighted by Crippen LogP contribution is 2.19. The number of amides is 3. The average molecular weight is 669 g/mol. The Balaban J connectivity index is 1.25. The second-order valence-electron chi connectivity index (χ2n) is 12.4. The molecular formula is C32H48N10O6. The number of aliphatic hydroxyl groups is 1. The number of rotatable bonds is 21. The van der Waals surface area contributed by atoms with Crippen LogP contribution in [0.1, 0.15) is 85.6 Å². The number of primary amides is 1. The highest BCUT2D eigenvalue weighted by atomic mass is 16.5. The Morgan fingerprint density at radius 1 is 0.958 bits per heavy atom. The fraction of sp³-hybridized carbons (Fsp3) is 0.531. The normalized spacial score (nSPS) is 11.7. The summed E-state index contributed by atoms with van der Waals surface area (Å²) in [7, 11) is 0. The van der Waals surface area contributed by atoms with Crippen LogP contribution in [0.2, 0.25) is 0 Å². The summed E-state index contributed by atoms with van der Waals surface area (Å²) in [4.78, 5) is 44.3. The number of anilines is 2. The molecule has 0 saturated carbocycles. The highest BCUT2D eigenvalue weighted by molar-refractivity contribution is 5.95. The summed E-state index contributed by atoms with van der Waals surface area (Å²) in [5, 5.41) is 25.8. The number of carbonyl (C=O) groups excluding carboxylic acids is 3. The lowest BCUT2D eigenvalue weighted by atomic mass is 10.0. The van der Waals surface area contributed by atoms with Crippen LogP contribution in [0.15, 0.2) is 36.7 Å². The van der Waals surface area contributed by atoms with Crippen molar-refractivity contribution in [3.05, 3.63) is 59.3 Å². The van der Waals surface area contributed by atoms with Gasteiger partial charge in [0.1, 0.15) is 5.69 Å². The molecule has 0 unspecified atom stereocenters. The van der Waals surface area contributed by atoms with Crippen molar-refractivity contribution in [2.75, 3.05) is 37.4 Å². The SMILES string of the molecule is CC(C)(CCNC(=O)CCCNC(=O)c1ccc(NCc2cnc(N)c(C(N)=O)n2)cc1)OCCC(C)(C)OCCn1cc(CO)nn1. The van der Waals surface area contributed by atoms with Crippen molar-refractivity contribution in [1.82, 2.24) is 35.6 Å². The van der Waals surface area contributed by atoms with E-state index in [1.807, 2.05) is 27.7 Å². The van der Waals surface area contributed by atoms with Gasteiger partial charge in [0, 0.05) is 30.8 Å². The molecule has 1 aromatic carbocycles. The molecule has 2 aromatic heterocycles. The van der Waals surface area contributed by atoms with Crippen LogP contribution in [-0.4, -0.2) is 85.3 Å². The molecule has 0 bridgehead atoms. The number of nitrogens with zero attached hydrogens (tertiary/aromatic N) is 5. The number of aliphatic hydroxyl groups excluding tert-OH is 1. The predicted octanol–water partition coefficient (Wildman–Crippen LogP) is 1.55. The molecule has 3 amide bonds. The molecule has 262 valence electrons. The zero-order chi connectivity index (χ0) is 35.2. The summed E-state index contributed by atoms with van der Waals surface area (Å²) in [5.41, 5.74) is 12.2. The number of hydrogen-bond acceptors (Lipinski definition) is 12. The standard InChI is InChI=1S/C32H48N10O6/c1-31(2,47-16-12-32(3,4)48-17-15-42-20-25(21-43)40-41-42)11-14-35-26(44)6-5-13-36-30(46)22-7-9-23(10-8-22)37-18-24-19-38-28(33)27(39-24)29(34)45/h7-10,19-20,37,43H,5-6,11-18,21H2,1-4H3,(H2,33,38)(H2,34,45)(H,35,44)(H,36,46). The second-order valence-corrected chi connectivity index (χ2v) is 12.4. The van der Waals surface area contributed by atoms with Crippen LogP contribution in [0.25, 0.3) is 0 Å². The van der Waals surface area contributed by atoms with Gasteiger partial charge in [0.2, 0.25) is 5.91 Å². The van der Waals surface area contributed by atoms with Gasteiger partial charge in [0.25, 0.3) is 11.8 Å². The van der Waals surface area contributed by atoms with Crippen molar-refractivity contribution < 1.29 is 29.0 Å². The van der Waals surface area contributed by atoms with Crippen molar-refractivity contribution in [3.63, 3.8) is 0 Å². The number of nitrogens with one attached hydrogen (secondary N) is 3. The van der Waals surface area contributed by atoms with E-state index in [0.29, 0.717) is 69.1 Å². The number of ether oxygens (including phenoxy) is 2. The van der Waals surface area contributed by atoms with Crippen molar-refractivity contribution in [1.29, 1.82) is 0 Å². The molecule has 48 heavy (non-hydrogen) atoms. The molecule has 0 saturated heterocycles. The summed E-state index contributed by atoms with van der Waals surface area (Å²) in [6.45, 7) is 10.5. The van der Waals surface area contributed by atoms with Gasteiger partial charge in [-0.05, 0) is 71.2 Å². The fourth-order valence-corrected chi connectivity index (χ4v) is 4.43. The Hall–Kier alpha value is -4.67. The summed E-state index contributed by atoms with van der Waals surface area (Å²) < 4.78 is 13.7. The minimum atomic E-state index is -0.751. The third kappa shape index (κ3) is 13.2. The summed E-state index contributed by atoms with van der Waals surface area (Å²) >= 11 is 0. The summed E-state index contributed by atoms with van der Waals surface area (Å²) in [5.74, 6) is -1.10. The van der Waals surface area contributed by atoms with Crippen molar-refractivity contribution in [2.24, 2.45) is 5.73 Å². The molecule has 0 aliphatic carbocycles. The first-order valence-corrected chi connectivity index (χ1v) is 15.8. The summed E-state index contributed by atoms with van der Waals surface area (Å²) in [6.07, 6.45) is 5.26. The molecule has 0 fully saturated rings. The topological polar surface area (TPSA) is 235 Å². The number of nitrogen functional groups attached to an aromatic ring is 1. The Bertz CT molecular complexity index is 1490. The van der Waals surface area contributed by atoms with Gasteiger partial charge in [-0.3, -0.25) is 14.4 Å². The van der Waals surface area contributed by atoms with Crippen molar-refractivity contribution in [3.8, 4) is 0 Å². The van der Waals surface area contributed by atoms with E-state index in [1.165, 1.54) is 6.20 Å². The lowest BCUT2D eigenvalue weighted by Gasteiger charge is -2.30. The molecule has 0 radical (unpaired) electrons. The Kier molecular flexibility index (Phi) is 14.2. The molecule has 8 N–H and O–H groups in total. The molecule has 3 aromatic rings. The van der Waals surface area contributed by atoms with Crippen molar-refractivity contribution in [2.45, 2.75) is 84.3 Å². The molecule has 3 rings (SSSR count). The minimum Gasteiger partial charge on any atom is -0.390 e. The molecule has 0 atom stereocenters. The molecule has 16 heteroatoms. The van der Waals surface area contributed by atoms with Crippen LogP contribution >= 0.6 is 0 Å². The maximum Gasteiger partial charge on any atom is 0.271 e. The van der Waals surface area contributed by atoms with Gasteiger partial charge in [-0.25, -0.2) is 14.6 Å². The predicted molar refractivity (Wildman–Crippen MR) is 179 cm³/mol. The Morgan fingerprint density at radius 2 is 1.67 bits per heavy atom. The third-order valence-electron chi connectivity index (χ3n) is 7.38. The first-order valence-electron chi connectivity index (χ1n) is 15.8. The van der Waals surface area contributed by atoms with Crippen molar-refractivity contribution >= 4 is 29.2 Å². The van der Waals surface area contributed by atoms with Crippen LogP contribution in [0.3, 0.4) is 0 Å². The highest BCUT2D eigenvalue weighted by Gasteiger charge is 2.23. The Labute approximate surface area is 280 Å². The van der Waals surface area contributed by atoms with E-state index in [9.17, 15) is 14.4 Å². The van der Waals surface area contributed by atoms with Crippen LogP contribution in [0.4, 0.5) is 11.5 Å². The average Bonchev–Trinajstić information content (AvgIpc) is 3.50. The van der Waals surface area contributed by atoms with E-state index >= 15 is 0 Å². The number of benzene rings is 1. The van der Waals surface area contributed by atoms with Crippen LogP contribution < -0.4 is 27.4 Å². The van der Waals surface area contributed by atoms with Crippen LogP contribution in [-0.2, 0) is 34.0 Å². The largest absolute Gasteiger partial charge is 0.390 e. The monoisotopic (exact) mass is 668 g/mol. The lowest BCUT2D eigenvalue weighted by molar-refractivity contribution is -0.121. The Morgan fingerprint density at radius 3 is 2.35 bits per heavy atom. The molecule has 16 nitrogen and oxygen atoms in total. The number of nitrogens with two attached hydrogens (primary N) is 2. The molecule has 0 aliphatic heterocycles. The van der Waals surface area contributed by atoms with Gasteiger partial charge in [0.05, 0.1) is 62.2 Å². The van der Waals surface area contributed by atoms with E-state index in [4.69, 9.17) is 26.0 Å². The molecule has 2 heterocycles. The first kappa shape index (κ1) is 37.8. The lowest BCUT2D eigenvalue weighted by Crippen LogP contribution is -2.35. The summed E-state index contributed by atoms with van der Waals surface area (Å²) in [6, 6.07) is 6.86. The van der Waals surface area contributed by atoms with Crippen LogP contribution in [0.5, 0.6) is 0 Å². The van der Waals surface area contributed by atoms with E-state index in [0.717, 1.165) is 5.69 Å². The first-order chi connectivity index (χ1) is 22.8. The van der Waals surface area contributed by atoms with E-state index in [-0.39, 0.29) is 42.9 Å². The zero-order valence-electron chi connectivity index (χ0n) is 28.1. The zero-order valence-corrected chi connectivity index (χ0v) is 28.1. The maximum absolute atomic E-state index is 12.5. The third-order valence-corrected chi connectivity index (χ3v) is 7.38. The van der Waals surface area contributed by atoms with E-state index in [2.05, 4.69) is 36.2 Å². The minimum absolute atomic E-state index is 0.0248. The molecule has 0 spiro atoms. The van der Waals surface area contributed by atoms with E-state index in [1.54, 1.807) is 35.1 Å². The quantitative estimate of drug-likeness (QED) is 0.0888. The van der Waals surface area contributed by atoms with E-state index < -0.39 is 17.1 Å². The molecule has 0 aliphatic rings. The van der Waals surface area contributed by atoms with Gasteiger partial charge < -0.3 is 42.0 Å². The van der Waals surface area contributed by atoms with Gasteiger partial charge >= 0.3 is 0 Å². The van der Waals surface area contributed by atoms with Gasteiger partial charge in [-0.15, -0.1) is 5.10 Å². The smallest absolute Gasteiger partial charge is 0.271 e. The number of aromatic nitrogens is 5. The van der Waals surface area contributed by atoms with Gasteiger partial charge in [-0.2, -0.15) is 0 Å². The number of hydrogen-bond donors (Lipinski definition) is 6. The second kappa shape index (κ2) is 18.0.